The molecule has 1 rings (SSSR count). The Morgan fingerprint density at radius 2 is 1.95 bits per heavy atom. The highest BCUT2D eigenvalue weighted by molar-refractivity contribution is 5.94. The van der Waals surface area contributed by atoms with Gasteiger partial charge in [-0.1, -0.05) is 44.2 Å². The summed E-state index contributed by atoms with van der Waals surface area (Å²) in [5.74, 6) is -0.0886. The van der Waals surface area contributed by atoms with Gasteiger partial charge in [-0.15, -0.1) is 0 Å². The van der Waals surface area contributed by atoms with Gasteiger partial charge in [-0.25, -0.2) is 0 Å². The second-order valence-corrected chi connectivity index (χ2v) is 5.42. The van der Waals surface area contributed by atoms with Crippen LogP contribution in [0.2, 0.25) is 0 Å². The van der Waals surface area contributed by atoms with Crippen LogP contribution < -0.4 is 5.32 Å². The highest BCUT2D eigenvalue weighted by Gasteiger charge is 2.24. The van der Waals surface area contributed by atoms with E-state index in [1.54, 1.807) is 13.0 Å². The summed E-state index contributed by atoms with van der Waals surface area (Å²) in [5.41, 5.74) is 1.04. The van der Waals surface area contributed by atoms with Gasteiger partial charge in [0.25, 0.3) is 0 Å². The maximum Gasteiger partial charge on any atom is 0.244 e. The van der Waals surface area contributed by atoms with E-state index >= 15 is 0 Å². The number of aliphatic hydroxyl groups is 1. The molecule has 3 heteroatoms. The molecule has 1 aromatic rings. The number of allylic oxidation sites excluding steroid dienone is 1. The van der Waals surface area contributed by atoms with Gasteiger partial charge in [0, 0.05) is 12.6 Å². The van der Waals surface area contributed by atoms with Crippen molar-refractivity contribution in [1.82, 2.24) is 5.32 Å². The normalized spacial score (nSPS) is 15.2. The number of amides is 1. The SMILES string of the molecule is CC(=CC(=O)NCC(C)(O)C(C)C)c1ccccc1. The van der Waals surface area contributed by atoms with Gasteiger partial charge in [0.1, 0.15) is 0 Å². The molecule has 0 aliphatic rings. The summed E-state index contributed by atoms with van der Waals surface area (Å²) in [4.78, 5) is 11.8. The molecule has 0 saturated carbocycles. The molecule has 0 heterocycles. The first-order valence-electron chi connectivity index (χ1n) is 6.57. The van der Waals surface area contributed by atoms with E-state index in [0.717, 1.165) is 11.1 Å². The lowest BCUT2D eigenvalue weighted by Gasteiger charge is -2.27. The maximum atomic E-state index is 11.8. The number of carbonyl (C=O) groups is 1. The maximum absolute atomic E-state index is 11.8. The highest BCUT2D eigenvalue weighted by Crippen LogP contribution is 2.15. The van der Waals surface area contributed by atoms with Crippen LogP contribution in [0.3, 0.4) is 0 Å². The van der Waals surface area contributed by atoms with Crippen LogP contribution in [0, 0.1) is 5.92 Å². The fourth-order valence-electron chi connectivity index (χ4n) is 1.50. The summed E-state index contributed by atoms with van der Waals surface area (Å²) in [7, 11) is 0. The summed E-state index contributed by atoms with van der Waals surface area (Å²) >= 11 is 0. The fraction of sp³-hybridized carbons (Fsp3) is 0.438. The third-order valence-corrected chi connectivity index (χ3v) is 3.44. The smallest absolute Gasteiger partial charge is 0.244 e. The van der Waals surface area contributed by atoms with Crippen molar-refractivity contribution in [3.8, 4) is 0 Å². The average Bonchev–Trinajstić information content (AvgIpc) is 2.37. The van der Waals surface area contributed by atoms with Crippen molar-refractivity contribution in [2.75, 3.05) is 6.54 Å². The molecular formula is C16H23NO2. The molecule has 2 N–H and O–H groups in total. The Bertz CT molecular complexity index is 447. The summed E-state index contributed by atoms with van der Waals surface area (Å²) in [6.45, 7) is 7.73. The Morgan fingerprint density at radius 3 is 2.47 bits per heavy atom. The van der Waals surface area contributed by atoms with Crippen molar-refractivity contribution in [2.45, 2.75) is 33.3 Å². The van der Waals surface area contributed by atoms with Crippen LogP contribution in [0.25, 0.3) is 5.57 Å². The summed E-state index contributed by atoms with van der Waals surface area (Å²) < 4.78 is 0. The minimum absolute atomic E-state index is 0.0898. The van der Waals surface area contributed by atoms with Crippen LogP contribution in [0.4, 0.5) is 0 Å². The minimum atomic E-state index is -0.885. The number of rotatable bonds is 5. The van der Waals surface area contributed by atoms with E-state index in [1.165, 1.54) is 0 Å². The Labute approximate surface area is 115 Å². The highest BCUT2D eigenvalue weighted by atomic mass is 16.3. The van der Waals surface area contributed by atoms with Gasteiger partial charge in [0.05, 0.1) is 5.60 Å². The molecule has 104 valence electrons. The van der Waals surface area contributed by atoms with Gasteiger partial charge < -0.3 is 10.4 Å². The molecule has 0 fully saturated rings. The minimum Gasteiger partial charge on any atom is -0.388 e. The second-order valence-electron chi connectivity index (χ2n) is 5.42. The molecule has 0 spiro atoms. The van der Waals surface area contributed by atoms with E-state index in [0.29, 0.717) is 0 Å². The van der Waals surface area contributed by atoms with E-state index in [4.69, 9.17) is 0 Å². The van der Waals surface area contributed by atoms with Gasteiger partial charge in [-0.3, -0.25) is 4.79 Å². The molecule has 19 heavy (non-hydrogen) atoms. The molecule has 0 bridgehead atoms. The monoisotopic (exact) mass is 261 g/mol. The lowest BCUT2D eigenvalue weighted by atomic mass is 9.92. The Balaban J connectivity index is 2.61. The molecule has 0 aliphatic heterocycles. The van der Waals surface area contributed by atoms with Crippen molar-refractivity contribution < 1.29 is 9.90 Å². The molecule has 1 unspecified atom stereocenters. The summed E-state index contributed by atoms with van der Waals surface area (Å²) in [6, 6.07) is 9.74. The molecule has 1 amide bonds. The number of nitrogens with one attached hydrogen (secondary N) is 1. The Hall–Kier alpha value is -1.61. The van der Waals surface area contributed by atoms with E-state index in [2.05, 4.69) is 5.32 Å². The first-order chi connectivity index (χ1) is 8.83. The van der Waals surface area contributed by atoms with E-state index in [9.17, 15) is 9.90 Å². The van der Waals surface area contributed by atoms with Crippen LogP contribution in [-0.2, 0) is 4.79 Å². The van der Waals surface area contributed by atoms with E-state index in [1.807, 2.05) is 51.1 Å². The third-order valence-electron chi connectivity index (χ3n) is 3.44. The van der Waals surface area contributed by atoms with Crippen LogP contribution >= 0.6 is 0 Å². The number of hydrogen-bond donors (Lipinski definition) is 2. The Kier molecular flexibility index (Phi) is 5.31. The average molecular weight is 261 g/mol. The first-order valence-corrected chi connectivity index (χ1v) is 6.57. The van der Waals surface area contributed by atoms with Gasteiger partial charge >= 0.3 is 0 Å². The van der Waals surface area contributed by atoms with Gasteiger partial charge in [0.15, 0.2) is 0 Å². The van der Waals surface area contributed by atoms with Crippen molar-refractivity contribution in [3.05, 3.63) is 42.0 Å². The van der Waals surface area contributed by atoms with Crippen molar-refractivity contribution in [3.63, 3.8) is 0 Å². The van der Waals surface area contributed by atoms with E-state index in [-0.39, 0.29) is 18.4 Å². The van der Waals surface area contributed by atoms with Gasteiger partial charge in [0.2, 0.25) is 5.91 Å². The second kappa shape index (κ2) is 6.53. The third kappa shape index (κ3) is 4.87. The zero-order valence-corrected chi connectivity index (χ0v) is 12.1. The number of carbonyl (C=O) groups excluding carboxylic acids is 1. The number of hydrogen-bond acceptors (Lipinski definition) is 2. The van der Waals surface area contributed by atoms with Crippen molar-refractivity contribution >= 4 is 11.5 Å². The largest absolute Gasteiger partial charge is 0.388 e. The van der Waals surface area contributed by atoms with Crippen LogP contribution in [0.5, 0.6) is 0 Å². The van der Waals surface area contributed by atoms with Crippen molar-refractivity contribution in [1.29, 1.82) is 0 Å². The first kappa shape index (κ1) is 15.4. The lowest BCUT2D eigenvalue weighted by molar-refractivity contribution is -0.118. The standard InChI is InChI=1S/C16H23NO2/c1-12(2)16(4,19)11-17-15(18)10-13(3)14-8-6-5-7-9-14/h5-10,12,19H,11H2,1-4H3,(H,17,18). The summed E-state index contributed by atoms with van der Waals surface area (Å²) in [5, 5.41) is 12.8. The van der Waals surface area contributed by atoms with E-state index < -0.39 is 5.60 Å². The van der Waals surface area contributed by atoms with Crippen molar-refractivity contribution in [2.24, 2.45) is 5.92 Å². The summed E-state index contributed by atoms with van der Waals surface area (Å²) in [6.07, 6.45) is 1.56. The fourth-order valence-corrected chi connectivity index (χ4v) is 1.50. The molecule has 1 aromatic carbocycles. The van der Waals surface area contributed by atoms with Crippen LogP contribution in [0.1, 0.15) is 33.3 Å². The molecule has 3 nitrogen and oxygen atoms in total. The predicted molar refractivity (Wildman–Crippen MR) is 78.6 cm³/mol. The molecule has 0 radical (unpaired) electrons. The van der Waals surface area contributed by atoms with Crippen LogP contribution in [0.15, 0.2) is 36.4 Å². The lowest BCUT2D eigenvalue weighted by Crippen LogP contribution is -2.43. The molecule has 1 atom stereocenters. The molecular weight excluding hydrogens is 238 g/mol. The predicted octanol–water partition coefficient (Wildman–Crippen LogP) is 2.61. The van der Waals surface area contributed by atoms with Gasteiger partial charge in [-0.05, 0) is 30.9 Å². The zero-order chi connectivity index (χ0) is 14.5. The van der Waals surface area contributed by atoms with Gasteiger partial charge in [-0.2, -0.15) is 0 Å². The quantitative estimate of drug-likeness (QED) is 0.800. The molecule has 0 aliphatic carbocycles. The zero-order valence-electron chi connectivity index (χ0n) is 12.1. The van der Waals surface area contributed by atoms with Crippen LogP contribution in [-0.4, -0.2) is 23.2 Å². The topological polar surface area (TPSA) is 49.3 Å². The number of benzene rings is 1. The molecule has 0 saturated heterocycles. The Morgan fingerprint density at radius 1 is 1.37 bits per heavy atom. The molecule has 0 aromatic heterocycles.